The predicted molar refractivity (Wildman–Crippen MR) is 72.1 cm³/mol. The minimum absolute atomic E-state index is 0.0235. The quantitative estimate of drug-likeness (QED) is 0.797. The van der Waals surface area contributed by atoms with Gasteiger partial charge in [-0.3, -0.25) is 4.79 Å². The number of hydrogen-bond acceptors (Lipinski definition) is 6. The summed E-state index contributed by atoms with van der Waals surface area (Å²) in [6.45, 7) is 2.19. The number of carbonyl (C=O) groups excluding carboxylic acids is 1. The van der Waals surface area contributed by atoms with Gasteiger partial charge in [0.15, 0.2) is 5.82 Å². The average molecular weight is 265 g/mol. The number of methoxy groups -OCH3 is 1. The van der Waals surface area contributed by atoms with Crippen LogP contribution in [0, 0.1) is 0 Å². The predicted octanol–water partition coefficient (Wildman–Crippen LogP) is -0.00900. The summed E-state index contributed by atoms with van der Waals surface area (Å²) in [5, 5.41) is 5.85. The van der Waals surface area contributed by atoms with Crippen LogP contribution in [-0.4, -0.2) is 49.7 Å². The zero-order chi connectivity index (χ0) is 13.7. The van der Waals surface area contributed by atoms with Crippen LogP contribution in [-0.2, 0) is 16.1 Å². The molecule has 104 valence electrons. The van der Waals surface area contributed by atoms with Gasteiger partial charge in [0.2, 0.25) is 5.91 Å². The first-order chi connectivity index (χ1) is 9.22. The zero-order valence-corrected chi connectivity index (χ0v) is 11.3. The lowest BCUT2D eigenvalue weighted by atomic mass is 10.3. The van der Waals surface area contributed by atoms with Crippen molar-refractivity contribution >= 4 is 17.5 Å². The second-order valence-electron chi connectivity index (χ2n) is 4.34. The fourth-order valence-corrected chi connectivity index (χ4v) is 1.97. The first-order valence-electron chi connectivity index (χ1n) is 6.29. The van der Waals surface area contributed by atoms with E-state index in [-0.39, 0.29) is 5.91 Å². The highest BCUT2D eigenvalue weighted by atomic mass is 16.5. The Morgan fingerprint density at radius 2 is 2.37 bits per heavy atom. The van der Waals surface area contributed by atoms with Crippen LogP contribution in [0.5, 0.6) is 0 Å². The third-order valence-electron chi connectivity index (χ3n) is 2.87. The van der Waals surface area contributed by atoms with Crippen molar-refractivity contribution in [1.82, 2.24) is 15.3 Å². The van der Waals surface area contributed by atoms with Gasteiger partial charge >= 0.3 is 0 Å². The Balaban J connectivity index is 2.25. The number of amides is 1. The molecule has 1 aromatic heterocycles. The van der Waals surface area contributed by atoms with Crippen LogP contribution >= 0.6 is 0 Å². The average Bonchev–Trinajstić information content (AvgIpc) is 2.63. The standard InChI is InChI=1S/C12H19N5O2/c1-13-9-6-11(16-10(15-9)8-19-2)17-5-3-4-14-12(18)7-17/h6H,3-5,7-8H2,1-2H3,(H,14,18)(H,13,15,16). The molecule has 0 bridgehead atoms. The molecule has 0 spiro atoms. The van der Waals surface area contributed by atoms with Crippen molar-refractivity contribution in [3.05, 3.63) is 11.9 Å². The van der Waals surface area contributed by atoms with E-state index in [9.17, 15) is 4.79 Å². The number of rotatable bonds is 4. The fraction of sp³-hybridized carbons (Fsp3) is 0.583. The van der Waals surface area contributed by atoms with Crippen LogP contribution in [0.1, 0.15) is 12.2 Å². The lowest BCUT2D eigenvalue weighted by Crippen LogP contribution is -2.33. The van der Waals surface area contributed by atoms with Crippen molar-refractivity contribution in [1.29, 1.82) is 0 Å². The molecule has 2 heterocycles. The molecule has 1 saturated heterocycles. The molecule has 7 nitrogen and oxygen atoms in total. The summed E-state index contributed by atoms with van der Waals surface area (Å²) in [4.78, 5) is 22.3. The molecule has 0 radical (unpaired) electrons. The fourth-order valence-electron chi connectivity index (χ4n) is 1.97. The molecule has 0 atom stereocenters. The van der Waals surface area contributed by atoms with Gasteiger partial charge in [-0.05, 0) is 6.42 Å². The van der Waals surface area contributed by atoms with E-state index in [1.807, 2.05) is 11.0 Å². The molecule has 0 aliphatic carbocycles. The molecule has 0 aromatic carbocycles. The summed E-state index contributed by atoms with van der Waals surface area (Å²) in [6.07, 6.45) is 0.907. The van der Waals surface area contributed by atoms with E-state index in [1.165, 1.54) is 0 Å². The Labute approximate surface area is 112 Å². The Hall–Kier alpha value is -1.89. The van der Waals surface area contributed by atoms with Gasteiger partial charge in [0.05, 0.1) is 6.54 Å². The highest BCUT2D eigenvalue weighted by Gasteiger charge is 2.17. The van der Waals surface area contributed by atoms with Gasteiger partial charge in [-0.25, -0.2) is 9.97 Å². The lowest BCUT2D eigenvalue weighted by Gasteiger charge is -2.21. The summed E-state index contributed by atoms with van der Waals surface area (Å²) in [5.74, 6) is 2.11. The van der Waals surface area contributed by atoms with Crippen LogP contribution in [0.15, 0.2) is 6.07 Å². The van der Waals surface area contributed by atoms with Crippen molar-refractivity contribution in [2.75, 3.05) is 44.0 Å². The number of aromatic nitrogens is 2. The molecule has 1 amide bonds. The molecular formula is C12H19N5O2. The topological polar surface area (TPSA) is 79.4 Å². The monoisotopic (exact) mass is 265 g/mol. The van der Waals surface area contributed by atoms with Gasteiger partial charge in [0, 0.05) is 33.3 Å². The van der Waals surface area contributed by atoms with Gasteiger partial charge < -0.3 is 20.3 Å². The highest BCUT2D eigenvalue weighted by molar-refractivity contribution is 5.81. The van der Waals surface area contributed by atoms with Gasteiger partial charge in [-0.15, -0.1) is 0 Å². The van der Waals surface area contributed by atoms with Crippen molar-refractivity contribution in [3.8, 4) is 0 Å². The smallest absolute Gasteiger partial charge is 0.239 e. The van der Waals surface area contributed by atoms with E-state index in [0.29, 0.717) is 25.5 Å². The summed E-state index contributed by atoms with van der Waals surface area (Å²) in [6, 6.07) is 1.84. The van der Waals surface area contributed by atoms with E-state index >= 15 is 0 Å². The minimum Gasteiger partial charge on any atom is -0.377 e. The van der Waals surface area contributed by atoms with Crippen molar-refractivity contribution in [3.63, 3.8) is 0 Å². The van der Waals surface area contributed by atoms with Gasteiger partial charge in [-0.2, -0.15) is 0 Å². The van der Waals surface area contributed by atoms with Crippen molar-refractivity contribution in [2.45, 2.75) is 13.0 Å². The van der Waals surface area contributed by atoms with Gasteiger partial charge in [0.1, 0.15) is 18.2 Å². The number of anilines is 2. The summed E-state index contributed by atoms with van der Waals surface area (Å²) in [5.41, 5.74) is 0. The van der Waals surface area contributed by atoms with E-state index in [0.717, 1.165) is 24.6 Å². The third-order valence-corrected chi connectivity index (χ3v) is 2.87. The molecular weight excluding hydrogens is 246 g/mol. The van der Waals surface area contributed by atoms with E-state index in [1.54, 1.807) is 14.2 Å². The normalized spacial score (nSPS) is 15.9. The summed E-state index contributed by atoms with van der Waals surface area (Å²) < 4.78 is 5.06. The minimum atomic E-state index is 0.0235. The van der Waals surface area contributed by atoms with Gasteiger partial charge in [-0.1, -0.05) is 0 Å². The Bertz CT molecular complexity index is 452. The number of nitrogens with one attached hydrogen (secondary N) is 2. The zero-order valence-electron chi connectivity index (χ0n) is 11.3. The molecule has 1 fully saturated rings. The first-order valence-corrected chi connectivity index (χ1v) is 6.29. The second-order valence-corrected chi connectivity index (χ2v) is 4.34. The summed E-state index contributed by atoms with van der Waals surface area (Å²) in [7, 11) is 3.41. The maximum absolute atomic E-state index is 11.6. The van der Waals surface area contributed by atoms with Crippen LogP contribution in [0.25, 0.3) is 0 Å². The van der Waals surface area contributed by atoms with E-state index < -0.39 is 0 Å². The third kappa shape index (κ3) is 3.54. The first kappa shape index (κ1) is 13.5. The highest BCUT2D eigenvalue weighted by Crippen LogP contribution is 2.17. The van der Waals surface area contributed by atoms with Crippen LogP contribution < -0.4 is 15.5 Å². The second kappa shape index (κ2) is 6.33. The van der Waals surface area contributed by atoms with Gasteiger partial charge in [0.25, 0.3) is 0 Å². The molecule has 1 aromatic rings. The van der Waals surface area contributed by atoms with Crippen LogP contribution in [0.2, 0.25) is 0 Å². The molecule has 0 saturated carbocycles. The largest absolute Gasteiger partial charge is 0.377 e. The van der Waals surface area contributed by atoms with Crippen molar-refractivity contribution in [2.24, 2.45) is 0 Å². The molecule has 1 aliphatic heterocycles. The van der Waals surface area contributed by atoms with E-state index in [4.69, 9.17) is 4.74 Å². The maximum Gasteiger partial charge on any atom is 0.239 e. The molecule has 7 heteroatoms. The number of hydrogen-bond donors (Lipinski definition) is 2. The molecule has 2 rings (SSSR count). The van der Waals surface area contributed by atoms with Crippen LogP contribution in [0.3, 0.4) is 0 Å². The molecule has 1 aliphatic rings. The molecule has 2 N–H and O–H groups in total. The SMILES string of the molecule is CNc1cc(N2CCCNC(=O)C2)nc(COC)n1. The van der Waals surface area contributed by atoms with E-state index in [2.05, 4.69) is 20.6 Å². The number of ether oxygens (including phenoxy) is 1. The maximum atomic E-state index is 11.6. The van der Waals surface area contributed by atoms with Crippen LogP contribution in [0.4, 0.5) is 11.6 Å². The summed E-state index contributed by atoms with van der Waals surface area (Å²) >= 11 is 0. The Kier molecular flexibility index (Phi) is 4.51. The number of nitrogens with zero attached hydrogens (tertiary/aromatic N) is 3. The molecule has 19 heavy (non-hydrogen) atoms. The Morgan fingerprint density at radius 3 is 3.11 bits per heavy atom. The molecule has 0 unspecified atom stereocenters. The van der Waals surface area contributed by atoms with Crippen molar-refractivity contribution < 1.29 is 9.53 Å². The number of carbonyl (C=O) groups is 1. The Morgan fingerprint density at radius 1 is 1.53 bits per heavy atom. The lowest BCUT2D eigenvalue weighted by molar-refractivity contribution is -0.119.